The van der Waals surface area contributed by atoms with E-state index < -0.39 is 0 Å². The zero-order chi connectivity index (χ0) is 11.8. The van der Waals surface area contributed by atoms with Crippen LogP contribution in [0.4, 0.5) is 0 Å². The zero-order valence-corrected chi connectivity index (χ0v) is 10.1. The van der Waals surface area contributed by atoms with Crippen LogP contribution in [-0.4, -0.2) is 30.4 Å². The summed E-state index contributed by atoms with van der Waals surface area (Å²) >= 11 is 7.02. The van der Waals surface area contributed by atoms with Crippen LogP contribution in [0.25, 0.3) is 11.0 Å². The van der Waals surface area contributed by atoms with E-state index in [1.807, 2.05) is 0 Å². The van der Waals surface area contributed by atoms with Crippen LogP contribution in [0.1, 0.15) is 5.89 Å². The van der Waals surface area contributed by atoms with E-state index in [0.717, 1.165) is 5.39 Å². The van der Waals surface area contributed by atoms with Crippen LogP contribution in [0.15, 0.2) is 20.9 Å². The Balaban J connectivity index is 2.07. The van der Waals surface area contributed by atoms with Gasteiger partial charge in [0.05, 0.1) is 11.6 Å². The smallest absolute Gasteiger partial charge is 0.282 e. The number of nitrogens with one attached hydrogen (secondary N) is 1. The molecule has 86 valence electrons. The van der Waals surface area contributed by atoms with Gasteiger partial charge in [0.1, 0.15) is 5.03 Å². The third kappa shape index (κ3) is 1.96. The number of halogens is 1. The van der Waals surface area contributed by atoms with E-state index in [2.05, 4.69) is 30.4 Å². The molecule has 0 saturated carbocycles. The Hall–Kier alpha value is -1.67. The fraction of sp³-hybridized carbons (Fsp3) is 0.125. The molecule has 1 N–H and O–H groups in total. The second-order valence-electron chi connectivity index (χ2n) is 3.12. The molecule has 7 nitrogen and oxygen atoms in total. The molecule has 3 heterocycles. The maximum Gasteiger partial charge on any atom is 0.282 e. The van der Waals surface area contributed by atoms with Crippen LogP contribution in [0, 0.1) is 6.92 Å². The molecule has 0 spiro atoms. The standard InChI is InChI=1S/C8H5ClN6OS/c1-3-13-15-8(16-3)17-6-4-2-10-14-5(4)11-7(9)12-6/h2H,1H3,(H,10,11,12,14). The number of H-pyrrole nitrogens is 1. The highest BCUT2D eigenvalue weighted by Gasteiger charge is 2.13. The third-order valence-electron chi connectivity index (χ3n) is 1.94. The summed E-state index contributed by atoms with van der Waals surface area (Å²) in [7, 11) is 0. The van der Waals surface area contributed by atoms with Crippen LogP contribution in [-0.2, 0) is 0 Å². The molecule has 0 saturated heterocycles. The summed E-state index contributed by atoms with van der Waals surface area (Å²) in [5, 5.41) is 16.1. The van der Waals surface area contributed by atoms with E-state index in [4.69, 9.17) is 16.0 Å². The molecule has 0 radical (unpaired) electrons. The lowest BCUT2D eigenvalue weighted by Gasteiger charge is -1.97. The molecule has 9 heteroatoms. The lowest BCUT2D eigenvalue weighted by molar-refractivity contribution is 0.429. The third-order valence-corrected chi connectivity index (χ3v) is 2.95. The lowest BCUT2D eigenvalue weighted by Crippen LogP contribution is -1.87. The minimum Gasteiger partial charge on any atom is -0.416 e. The van der Waals surface area contributed by atoms with Crippen molar-refractivity contribution in [1.82, 2.24) is 30.4 Å². The van der Waals surface area contributed by atoms with Crippen LogP contribution < -0.4 is 0 Å². The molecule has 3 aromatic heterocycles. The predicted octanol–water partition coefficient (Wildman–Crippen LogP) is 1.85. The van der Waals surface area contributed by atoms with Crippen molar-refractivity contribution in [3.8, 4) is 0 Å². The number of aromatic nitrogens is 6. The molecule has 0 aliphatic heterocycles. The number of rotatable bonds is 2. The summed E-state index contributed by atoms with van der Waals surface area (Å²) in [5.74, 6) is 0.496. The largest absolute Gasteiger partial charge is 0.416 e. The highest BCUT2D eigenvalue weighted by molar-refractivity contribution is 7.99. The lowest BCUT2D eigenvalue weighted by atomic mass is 10.4. The number of aromatic amines is 1. The maximum absolute atomic E-state index is 5.80. The van der Waals surface area contributed by atoms with Crippen molar-refractivity contribution < 1.29 is 4.42 Å². The van der Waals surface area contributed by atoms with Crippen LogP contribution in [0.5, 0.6) is 0 Å². The van der Waals surface area contributed by atoms with Gasteiger partial charge in [-0.25, -0.2) is 4.98 Å². The van der Waals surface area contributed by atoms with E-state index >= 15 is 0 Å². The molecular weight excluding hydrogens is 264 g/mol. The number of hydrogen-bond acceptors (Lipinski definition) is 7. The first-order valence-electron chi connectivity index (χ1n) is 4.57. The highest BCUT2D eigenvalue weighted by atomic mass is 35.5. The Bertz CT molecular complexity index is 680. The second kappa shape index (κ2) is 3.97. The Morgan fingerprint density at radius 1 is 1.35 bits per heavy atom. The summed E-state index contributed by atoms with van der Waals surface area (Å²) in [6.45, 7) is 1.72. The van der Waals surface area contributed by atoms with Crippen molar-refractivity contribution in [3.05, 3.63) is 17.4 Å². The Labute approximate surface area is 104 Å². The van der Waals surface area contributed by atoms with Crippen molar-refractivity contribution >= 4 is 34.4 Å². The van der Waals surface area contributed by atoms with Gasteiger partial charge in [0.25, 0.3) is 5.22 Å². The Morgan fingerprint density at radius 3 is 3.00 bits per heavy atom. The summed E-state index contributed by atoms with van der Waals surface area (Å²) in [6, 6.07) is 0. The minimum atomic E-state index is 0.139. The molecular formula is C8H5ClN6OS. The van der Waals surface area contributed by atoms with Gasteiger partial charge < -0.3 is 4.42 Å². The van der Waals surface area contributed by atoms with Gasteiger partial charge in [-0.2, -0.15) is 10.1 Å². The molecule has 3 rings (SSSR count). The van der Waals surface area contributed by atoms with E-state index in [-0.39, 0.29) is 5.28 Å². The van der Waals surface area contributed by atoms with Gasteiger partial charge in [0.15, 0.2) is 5.65 Å². The summed E-state index contributed by atoms with van der Waals surface area (Å²) in [5.41, 5.74) is 0.573. The number of nitrogens with zero attached hydrogens (tertiary/aromatic N) is 5. The van der Waals surface area contributed by atoms with E-state index in [1.54, 1.807) is 13.1 Å². The fourth-order valence-electron chi connectivity index (χ4n) is 1.26. The first-order chi connectivity index (χ1) is 8.22. The van der Waals surface area contributed by atoms with E-state index in [1.165, 1.54) is 11.8 Å². The maximum atomic E-state index is 5.80. The van der Waals surface area contributed by atoms with Gasteiger partial charge >= 0.3 is 0 Å². The molecule has 0 aliphatic rings. The fourth-order valence-corrected chi connectivity index (χ4v) is 2.28. The van der Waals surface area contributed by atoms with Gasteiger partial charge in [-0.05, 0) is 23.4 Å². The van der Waals surface area contributed by atoms with Crippen LogP contribution in [0.2, 0.25) is 5.28 Å². The highest BCUT2D eigenvalue weighted by Crippen LogP contribution is 2.30. The number of fused-ring (bicyclic) bond motifs is 1. The quantitative estimate of drug-likeness (QED) is 0.560. The first-order valence-corrected chi connectivity index (χ1v) is 5.76. The molecule has 0 atom stereocenters. The van der Waals surface area contributed by atoms with Crippen molar-refractivity contribution in [2.75, 3.05) is 0 Å². The van der Waals surface area contributed by atoms with Gasteiger partial charge in [-0.1, -0.05) is 0 Å². The predicted molar refractivity (Wildman–Crippen MR) is 59.9 cm³/mol. The molecule has 17 heavy (non-hydrogen) atoms. The van der Waals surface area contributed by atoms with Gasteiger partial charge in [-0.15, -0.1) is 10.2 Å². The molecule has 0 fully saturated rings. The monoisotopic (exact) mass is 268 g/mol. The average molecular weight is 269 g/mol. The Kier molecular flexibility index (Phi) is 2.45. The van der Waals surface area contributed by atoms with Crippen LogP contribution >= 0.6 is 23.4 Å². The molecule has 3 aromatic rings. The molecule has 0 aromatic carbocycles. The summed E-state index contributed by atoms with van der Waals surface area (Å²) in [6.07, 6.45) is 1.62. The van der Waals surface area contributed by atoms with Crippen molar-refractivity contribution in [1.29, 1.82) is 0 Å². The van der Waals surface area contributed by atoms with Crippen molar-refractivity contribution in [2.45, 2.75) is 17.2 Å². The molecule has 0 unspecified atom stereocenters. The van der Waals surface area contributed by atoms with Gasteiger partial charge in [-0.3, -0.25) is 5.10 Å². The second-order valence-corrected chi connectivity index (χ2v) is 4.40. The average Bonchev–Trinajstić information content (AvgIpc) is 2.87. The van der Waals surface area contributed by atoms with E-state index in [0.29, 0.717) is 21.8 Å². The van der Waals surface area contributed by atoms with E-state index in [9.17, 15) is 0 Å². The molecule has 0 bridgehead atoms. The molecule has 0 aliphatic carbocycles. The normalized spacial score (nSPS) is 11.2. The van der Waals surface area contributed by atoms with Gasteiger partial charge in [0, 0.05) is 6.92 Å². The molecule has 0 amide bonds. The topological polar surface area (TPSA) is 93.4 Å². The number of aryl methyl sites for hydroxylation is 1. The number of hydrogen-bond donors (Lipinski definition) is 1. The summed E-state index contributed by atoms with van der Waals surface area (Å²) in [4.78, 5) is 8.11. The minimum absolute atomic E-state index is 0.139. The van der Waals surface area contributed by atoms with Crippen molar-refractivity contribution in [3.63, 3.8) is 0 Å². The summed E-state index contributed by atoms with van der Waals surface area (Å²) < 4.78 is 5.26. The van der Waals surface area contributed by atoms with Gasteiger partial charge in [0.2, 0.25) is 11.2 Å². The van der Waals surface area contributed by atoms with Crippen molar-refractivity contribution in [2.24, 2.45) is 0 Å². The van der Waals surface area contributed by atoms with Crippen LogP contribution in [0.3, 0.4) is 0 Å². The Morgan fingerprint density at radius 2 is 2.24 bits per heavy atom. The first kappa shape index (κ1) is 10.5. The SMILES string of the molecule is Cc1nnc(Sc2nc(Cl)nc3[nH]ncc23)o1. The zero-order valence-electron chi connectivity index (χ0n) is 8.51.